The van der Waals surface area contributed by atoms with E-state index >= 15 is 0 Å². The van der Waals surface area contributed by atoms with Crippen molar-refractivity contribution in [1.29, 1.82) is 0 Å². The molecule has 2 heterocycles. The van der Waals surface area contributed by atoms with Crippen molar-refractivity contribution in [3.05, 3.63) is 0 Å². The van der Waals surface area contributed by atoms with E-state index in [0.717, 1.165) is 39.0 Å². The molecule has 0 aromatic carbocycles. The first-order valence-electron chi connectivity index (χ1n) is 7.79. The van der Waals surface area contributed by atoms with Crippen LogP contribution in [0.4, 0.5) is 0 Å². The number of amides is 1. The molecule has 3 rings (SSSR count). The zero-order valence-electron chi connectivity index (χ0n) is 11.4. The molecule has 0 bridgehead atoms. The van der Waals surface area contributed by atoms with Gasteiger partial charge in [0.25, 0.3) is 0 Å². The van der Waals surface area contributed by atoms with E-state index < -0.39 is 0 Å². The standard InChI is InChI=1S/C15H26N2O/c18-14(13-4-3-9-16-12-13)17-10-7-15(8-11-17)5-1-2-6-15/h13,16H,1-12H2/t13-/m1/s1. The first kappa shape index (κ1) is 12.5. The van der Waals surface area contributed by atoms with Crippen molar-refractivity contribution in [3.63, 3.8) is 0 Å². The topological polar surface area (TPSA) is 32.3 Å². The van der Waals surface area contributed by atoms with E-state index in [1.807, 2.05) is 0 Å². The number of rotatable bonds is 1. The molecule has 1 saturated carbocycles. The number of nitrogens with zero attached hydrogens (tertiary/aromatic N) is 1. The number of hydrogen-bond acceptors (Lipinski definition) is 2. The largest absolute Gasteiger partial charge is 0.342 e. The summed E-state index contributed by atoms with van der Waals surface area (Å²) in [6.07, 6.45) is 10.4. The lowest BCUT2D eigenvalue weighted by molar-refractivity contribution is -0.138. The van der Waals surface area contributed by atoms with Crippen LogP contribution in [0.3, 0.4) is 0 Å². The Hall–Kier alpha value is -0.570. The predicted molar refractivity (Wildman–Crippen MR) is 72.3 cm³/mol. The Balaban J connectivity index is 1.53. The second-order valence-electron chi connectivity index (χ2n) is 6.58. The minimum atomic E-state index is 0.261. The Morgan fingerprint density at radius 1 is 1.06 bits per heavy atom. The molecule has 3 aliphatic rings. The molecular formula is C15H26N2O. The summed E-state index contributed by atoms with van der Waals surface area (Å²) in [5.41, 5.74) is 0.627. The van der Waals surface area contributed by atoms with Crippen molar-refractivity contribution >= 4 is 5.91 Å². The van der Waals surface area contributed by atoms with Crippen LogP contribution in [-0.4, -0.2) is 37.0 Å². The van der Waals surface area contributed by atoms with Gasteiger partial charge in [0.05, 0.1) is 5.92 Å². The third-order valence-corrected chi connectivity index (χ3v) is 5.45. The van der Waals surface area contributed by atoms with Gasteiger partial charge in [-0.1, -0.05) is 12.8 Å². The third kappa shape index (κ3) is 2.42. The van der Waals surface area contributed by atoms with E-state index in [-0.39, 0.29) is 5.92 Å². The number of hydrogen-bond donors (Lipinski definition) is 1. The molecule has 0 aromatic rings. The molecule has 1 spiro atoms. The van der Waals surface area contributed by atoms with Gasteiger partial charge < -0.3 is 10.2 Å². The lowest BCUT2D eigenvalue weighted by atomic mass is 9.77. The molecule has 3 nitrogen and oxygen atoms in total. The van der Waals surface area contributed by atoms with Gasteiger partial charge in [0, 0.05) is 19.6 Å². The van der Waals surface area contributed by atoms with Gasteiger partial charge >= 0.3 is 0 Å². The Bertz CT molecular complexity index is 294. The second kappa shape index (κ2) is 5.20. The highest BCUT2D eigenvalue weighted by Crippen LogP contribution is 2.46. The van der Waals surface area contributed by atoms with Crippen molar-refractivity contribution in [2.45, 2.75) is 51.4 Å². The van der Waals surface area contributed by atoms with E-state index in [1.165, 1.54) is 38.5 Å². The molecule has 1 aliphatic carbocycles. The van der Waals surface area contributed by atoms with E-state index in [9.17, 15) is 4.79 Å². The monoisotopic (exact) mass is 250 g/mol. The summed E-state index contributed by atoms with van der Waals surface area (Å²) in [5, 5.41) is 3.36. The van der Waals surface area contributed by atoms with Crippen LogP contribution >= 0.6 is 0 Å². The van der Waals surface area contributed by atoms with Crippen LogP contribution < -0.4 is 5.32 Å². The number of carbonyl (C=O) groups excluding carboxylic acids is 1. The van der Waals surface area contributed by atoms with Crippen LogP contribution in [0, 0.1) is 11.3 Å². The molecule has 3 heteroatoms. The molecule has 0 radical (unpaired) electrons. The summed E-state index contributed by atoms with van der Waals surface area (Å²) in [7, 11) is 0. The SMILES string of the molecule is O=C([C@@H]1CCCNC1)N1CCC2(CCCC2)CC1. The average molecular weight is 250 g/mol. The lowest BCUT2D eigenvalue weighted by Gasteiger charge is -2.41. The van der Waals surface area contributed by atoms with Gasteiger partial charge in [-0.2, -0.15) is 0 Å². The van der Waals surface area contributed by atoms with E-state index in [1.54, 1.807) is 0 Å². The Labute approximate surface area is 110 Å². The summed E-state index contributed by atoms with van der Waals surface area (Å²) in [5.74, 6) is 0.687. The number of carbonyl (C=O) groups is 1. The van der Waals surface area contributed by atoms with E-state index in [2.05, 4.69) is 10.2 Å². The molecule has 0 unspecified atom stereocenters. The summed E-state index contributed by atoms with van der Waals surface area (Å²) >= 11 is 0. The van der Waals surface area contributed by atoms with Crippen molar-refractivity contribution in [2.75, 3.05) is 26.2 Å². The second-order valence-corrected chi connectivity index (χ2v) is 6.58. The van der Waals surface area contributed by atoms with Gasteiger partial charge in [0.2, 0.25) is 5.91 Å². The highest BCUT2D eigenvalue weighted by atomic mass is 16.2. The average Bonchev–Trinajstić information content (AvgIpc) is 2.88. The molecule has 1 atom stereocenters. The molecule has 3 fully saturated rings. The molecule has 1 N–H and O–H groups in total. The van der Waals surface area contributed by atoms with Crippen LogP contribution in [0.25, 0.3) is 0 Å². The highest BCUT2D eigenvalue weighted by molar-refractivity contribution is 5.79. The number of piperidine rings is 2. The van der Waals surface area contributed by atoms with Gasteiger partial charge in [-0.15, -0.1) is 0 Å². The fourth-order valence-electron chi connectivity index (χ4n) is 4.15. The zero-order valence-corrected chi connectivity index (χ0v) is 11.4. The van der Waals surface area contributed by atoms with Gasteiger partial charge in [-0.3, -0.25) is 4.79 Å². The van der Waals surface area contributed by atoms with Gasteiger partial charge in [-0.25, -0.2) is 0 Å². The van der Waals surface area contributed by atoms with Gasteiger partial charge in [-0.05, 0) is 50.5 Å². The van der Waals surface area contributed by atoms with Crippen molar-refractivity contribution in [3.8, 4) is 0 Å². The number of nitrogens with one attached hydrogen (secondary N) is 1. The zero-order chi connectivity index (χ0) is 12.4. The van der Waals surface area contributed by atoms with Crippen molar-refractivity contribution in [2.24, 2.45) is 11.3 Å². The summed E-state index contributed by atoms with van der Waals surface area (Å²) in [6, 6.07) is 0. The molecular weight excluding hydrogens is 224 g/mol. The van der Waals surface area contributed by atoms with Crippen LogP contribution in [-0.2, 0) is 4.79 Å². The molecule has 2 saturated heterocycles. The molecule has 102 valence electrons. The van der Waals surface area contributed by atoms with Crippen LogP contribution in [0.5, 0.6) is 0 Å². The Kier molecular flexibility index (Phi) is 3.60. The molecule has 2 aliphatic heterocycles. The molecule has 18 heavy (non-hydrogen) atoms. The van der Waals surface area contributed by atoms with Crippen LogP contribution in [0.15, 0.2) is 0 Å². The van der Waals surface area contributed by atoms with Gasteiger partial charge in [0.15, 0.2) is 0 Å². The van der Waals surface area contributed by atoms with E-state index in [4.69, 9.17) is 0 Å². The Morgan fingerprint density at radius 2 is 1.78 bits per heavy atom. The summed E-state index contributed by atoms with van der Waals surface area (Å²) in [4.78, 5) is 14.6. The van der Waals surface area contributed by atoms with Crippen molar-refractivity contribution in [1.82, 2.24) is 10.2 Å². The maximum absolute atomic E-state index is 12.4. The minimum Gasteiger partial charge on any atom is -0.342 e. The fourth-order valence-corrected chi connectivity index (χ4v) is 4.15. The third-order valence-electron chi connectivity index (χ3n) is 5.45. The predicted octanol–water partition coefficient (Wildman–Crippen LogP) is 2.17. The summed E-state index contributed by atoms with van der Waals surface area (Å²) < 4.78 is 0. The summed E-state index contributed by atoms with van der Waals surface area (Å²) in [6.45, 7) is 4.04. The van der Waals surface area contributed by atoms with Crippen LogP contribution in [0.2, 0.25) is 0 Å². The molecule has 0 aromatic heterocycles. The lowest BCUT2D eigenvalue weighted by Crippen LogP contribution is -2.47. The first-order chi connectivity index (χ1) is 8.79. The minimum absolute atomic E-state index is 0.261. The maximum atomic E-state index is 12.4. The quantitative estimate of drug-likeness (QED) is 0.773. The Morgan fingerprint density at radius 3 is 2.39 bits per heavy atom. The highest BCUT2D eigenvalue weighted by Gasteiger charge is 2.39. The van der Waals surface area contributed by atoms with Crippen molar-refractivity contribution < 1.29 is 4.79 Å². The van der Waals surface area contributed by atoms with Crippen LogP contribution in [0.1, 0.15) is 51.4 Å². The number of likely N-dealkylation sites (tertiary alicyclic amines) is 1. The van der Waals surface area contributed by atoms with Gasteiger partial charge in [0.1, 0.15) is 0 Å². The normalized spacial score (nSPS) is 31.8. The smallest absolute Gasteiger partial charge is 0.226 e. The maximum Gasteiger partial charge on any atom is 0.226 e. The first-order valence-corrected chi connectivity index (χ1v) is 7.79. The molecule has 1 amide bonds. The van der Waals surface area contributed by atoms with E-state index in [0.29, 0.717) is 11.3 Å². The fraction of sp³-hybridized carbons (Fsp3) is 0.933.